The van der Waals surface area contributed by atoms with Crippen LogP contribution in [0.15, 0.2) is 53.1 Å². The third-order valence-electron chi connectivity index (χ3n) is 4.32. The van der Waals surface area contributed by atoms with Crippen molar-refractivity contribution in [2.24, 2.45) is 0 Å². The maximum Gasteiger partial charge on any atom is 0.271 e. The Balaban J connectivity index is 1.64. The van der Waals surface area contributed by atoms with Crippen molar-refractivity contribution >= 4 is 5.91 Å². The number of H-pyrrole nitrogens is 1. The predicted molar refractivity (Wildman–Crippen MR) is 92.6 cm³/mol. The molecule has 0 radical (unpaired) electrons. The minimum Gasteiger partial charge on any atom is -0.469 e. The van der Waals surface area contributed by atoms with Gasteiger partial charge in [0.15, 0.2) is 0 Å². The van der Waals surface area contributed by atoms with Crippen LogP contribution in [0.4, 0.5) is 4.39 Å². The molecule has 130 valence electrons. The first-order valence-electron chi connectivity index (χ1n) is 8.15. The van der Waals surface area contributed by atoms with E-state index in [1.165, 1.54) is 12.1 Å². The number of carbonyl (C=O) groups is 1. The summed E-state index contributed by atoms with van der Waals surface area (Å²) in [4.78, 5) is 14.3. The molecule has 1 unspecified atom stereocenters. The van der Waals surface area contributed by atoms with Gasteiger partial charge in [-0.1, -0.05) is 0 Å². The lowest BCUT2D eigenvalue weighted by atomic mass is 10.1. The van der Waals surface area contributed by atoms with E-state index < -0.39 is 0 Å². The van der Waals surface area contributed by atoms with E-state index >= 15 is 0 Å². The standard InChI is InChI=1S/C19H20FN3O2/c1-13(5-10-16-4-3-11-25-16)23(2)19(24)18-12-17(21-22-18)14-6-8-15(20)9-7-14/h3-4,6-9,11-13H,5,10H2,1-2H3,(H,21,22). The van der Waals surface area contributed by atoms with Crippen molar-refractivity contribution in [2.45, 2.75) is 25.8 Å². The van der Waals surface area contributed by atoms with Crippen LogP contribution in [0.25, 0.3) is 11.3 Å². The van der Waals surface area contributed by atoms with E-state index in [9.17, 15) is 9.18 Å². The van der Waals surface area contributed by atoms with Crippen LogP contribution in [-0.2, 0) is 6.42 Å². The van der Waals surface area contributed by atoms with Crippen molar-refractivity contribution in [3.05, 3.63) is 66.0 Å². The van der Waals surface area contributed by atoms with Gasteiger partial charge in [0.05, 0.1) is 12.0 Å². The Hall–Kier alpha value is -2.89. The van der Waals surface area contributed by atoms with Crippen molar-refractivity contribution in [1.29, 1.82) is 0 Å². The topological polar surface area (TPSA) is 62.1 Å². The van der Waals surface area contributed by atoms with Gasteiger partial charge in [-0.15, -0.1) is 0 Å². The molecular weight excluding hydrogens is 321 g/mol. The summed E-state index contributed by atoms with van der Waals surface area (Å²) < 4.78 is 18.3. The van der Waals surface area contributed by atoms with Crippen LogP contribution in [0.2, 0.25) is 0 Å². The van der Waals surface area contributed by atoms with E-state index in [1.807, 2.05) is 19.1 Å². The molecule has 0 spiro atoms. The Kier molecular flexibility index (Phi) is 4.97. The van der Waals surface area contributed by atoms with Gasteiger partial charge in [0, 0.05) is 25.1 Å². The lowest BCUT2D eigenvalue weighted by Gasteiger charge is -2.24. The van der Waals surface area contributed by atoms with Crippen LogP contribution in [-0.4, -0.2) is 34.1 Å². The molecule has 1 atom stereocenters. The number of halogens is 1. The lowest BCUT2D eigenvalue weighted by molar-refractivity contribution is 0.0730. The number of nitrogens with one attached hydrogen (secondary N) is 1. The van der Waals surface area contributed by atoms with Gasteiger partial charge in [0.2, 0.25) is 0 Å². The number of aryl methyl sites for hydroxylation is 1. The molecular formula is C19H20FN3O2. The van der Waals surface area contributed by atoms with E-state index in [-0.39, 0.29) is 17.8 Å². The molecule has 6 heteroatoms. The van der Waals surface area contributed by atoms with Gasteiger partial charge < -0.3 is 9.32 Å². The van der Waals surface area contributed by atoms with E-state index in [0.29, 0.717) is 11.4 Å². The summed E-state index contributed by atoms with van der Waals surface area (Å²) in [6, 6.07) is 11.5. The van der Waals surface area contributed by atoms with Gasteiger partial charge in [-0.3, -0.25) is 9.89 Å². The fraction of sp³-hybridized carbons (Fsp3) is 0.263. The van der Waals surface area contributed by atoms with Crippen LogP contribution in [0, 0.1) is 5.82 Å². The summed E-state index contributed by atoms with van der Waals surface area (Å²) in [5.41, 5.74) is 1.77. The zero-order valence-electron chi connectivity index (χ0n) is 14.2. The number of carbonyl (C=O) groups excluding carboxylic acids is 1. The maximum absolute atomic E-state index is 13.0. The van der Waals surface area contributed by atoms with Crippen LogP contribution in [0.5, 0.6) is 0 Å². The molecule has 25 heavy (non-hydrogen) atoms. The summed E-state index contributed by atoms with van der Waals surface area (Å²) in [7, 11) is 1.77. The number of nitrogens with zero attached hydrogens (tertiary/aromatic N) is 2. The summed E-state index contributed by atoms with van der Waals surface area (Å²) >= 11 is 0. The lowest BCUT2D eigenvalue weighted by Crippen LogP contribution is -2.35. The van der Waals surface area contributed by atoms with Gasteiger partial charge in [-0.05, 0) is 55.8 Å². The predicted octanol–water partition coefficient (Wildman–Crippen LogP) is 3.90. The molecule has 2 aromatic heterocycles. The van der Waals surface area contributed by atoms with E-state index in [0.717, 1.165) is 24.2 Å². The Morgan fingerprint density at radius 3 is 2.76 bits per heavy atom. The van der Waals surface area contributed by atoms with E-state index in [4.69, 9.17) is 4.42 Å². The van der Waals surface area contributed by atoms with Crippen LogP contribution < -0.4 is 0 Å². The SMILES string of the molecule is CC(CCc1ccco1)N(C)C(=O)c1cc(-c2ccc(F)cc2)n[nH]1. The number of furan rings is 1. The summed E-state index contributed by atoms with van der Waals surface area (Å²) in [5.74, 6) is 0.473. The second-order valence-corrected chi connectivity index (χ2v) is 6.06. The molecule has 0 bridgehead atoms. The van der Waals surface area contributed by atoms with E-state index in [1.54, 1.807) is 36.4 Å². The van der Waals surface area contributed by atoms with Gasteiger partial charge >= 0.3 is 0 Å². The van der Waals surface area contributed by atoms with Gasteiger partial charge in [0.1, 0.15) is 17.3 Å². The van der Waals surface area contributed by atoms with Crippen LogP contribution >= 0.6 is 0 Å². The molecule has 2 heterocycles. The first-order chi connectivity index (χ1) is 12.0. The molecule has 0 saturated heterocycles. The Morgan fingerprint density at radius 1 is 1.32 bits per heavy atom. The molecule has 0 aliphatic heterocycles. The van der Waals surface area contributed by atoms with Crippen molar-refractivity contribution < 1.29 is 13.6 Å². The smallest absolute Gasteiger partial charge is 0.271 e. The van der Waals surface area contributed by atoms with Gasteiger partial charge in [0.25, 0.3) is 5.91 Å². The molecule has 3 aromatic rings. The molecule has 1 aromatic carbocycles. The first kappa shape index (κ1) is 17.0. The first-order valence-corrected chi connectivity index (χ1v) is 8.15. The van der Waals surface area contributed by atoms with Gasteiger partial charge in [-0.25, -0.2) is 4.39 Å². The highest BCUT2D eigenvalue weighted by molar-refractivity contribution is 5.93. The Bertz CT molecular complexity index is 825. The monoisotopic (exact) mass is 341 g/mol. The highest BCUT2D eigenvalue weighted by Gasteiger charge is 2.20. The largest absolute Gasteiger partial charge is 0.469 e. The molecule has 0 saturated carbocycles. The quantitative estimate of drug-likeness (QED) is 0.739. The number of hydrogen-bond donors (Lipinski definition) is 1. The van der Waals surface area contributed by atoms with Crippen LogP contribution in [0.1, 0.15) is 29.6 Å². The zero-order valence-corrected chi connectivity index (χ0v) is 14.2. The highest BCUT2D eigenvalue weighted by atomic mass is 19.1. The second-order valence-electron chi connectivity index (χ2n) is 6.06. The van der Waals surface area contributed by atoms with Crippen LogP contribution in [0.3, 0.4) is 0 Å². The number of aromatic nitrogens is 2. The fourth-order valence-electron chi connectivity index (χ4n) is 2.59. The maximum atomic E-state index is 13.0. The number of hydrogen-bond acceptors (Lipinski definition) is 3. The summed E-state index contributed by atoms with van der Waals surface area (Å²) in [6.07, 6.45) is 3.22. The molecule has 0 aliphatic carbocycles. The summed E-state index contributed by atoms with van der Waals surface area (Å²) in [6.45, 7) is 2.00. The number of aromatic amines is 1. The minimum absolute atomic E-state index is 0.0511. The second kappa shape index (κ2) is 7.34. The average Bonchev–Trinajstić information content (AvgIpc) is 3.30. The molecule has 5 nitrogen and oxygen atoms in total. The van der Waals surface area contributed by atoms with Crippen molar-refractivity contribution in [2.75, 3.05) is 7.05 Å². The van der Waals surface area contributed by atoms with Crippen molar-refractivity contribution in [3.63, 3.8) is 0 Å². The number of rotatable bonds is 6. The van der Waals surface area contributed by atoms with E-state index in [2.05, 4.69) is 10.2 Å². The third kappa shape index (κ3) is 3.96. The third-order valence-corrected chi connectivity index (χ3v) is 4.32. The molecule has 1 N–H and O–H groups in total. The molecule has 1 amide bonds. The molecule has 0 fully saturated rings. The molecule has 0 aliphatic rings. The minimum atomic E-state index is -0.305. The Labute approximate surface area is 145 Å². The fourth-order valence-corrected chi connectivity index (χ4v) is 2.59. The van der Waals surface area contributed by atoms with Gasteiger partial charge in [-0.2, -0.15) is 5.10 Å². The normalized spacial score (nSPS) is 12.1. The van der Waals surface area contributed by atoms with Crippen molar-refractivity contribution in [3.8, 4) is 11.3 Å². The number of benzene rings is 1. The van der Waals surface area contributed by atoms with Crippen molar-refractivity contribution in [1.82, 2.24) is 15.1 Å². The Morgan fingerprint density at radius 2 is 2.08 bits per heavy atom. The molecule has 3 rings (SSSR count). The average molecular weight is 341 g/mol. The zero-order chi connectivity index (χ0) is 17.8. The summed E-state index contributed by atoms with van der Waals surface area (Å²) in [5, 5.41) is 6.93. The highest BCUT2D eigenvalue weighted by Crippen LogP contribution is 2.19. The number of amides is 1.